The van der Waals surface area contributed by atoms with Crippen molar-refractivity contribution in [2.75, 3.05) is 0 Å². The first kappa shape index (κ1) is 24.1. The molecule has 0 heterocycles. The van der Waals surface area contributed by atoms with Crippen molar-refractivity contribution in [1.29, 1.82) is 0 Å². The molecule has 158 valence electrons. The van der Waals surface area contributed by atoms with Gasteiger partial charge in [0.05, 0.1) is 16.0 Å². The number of benzene rings is 1. The molecule has 1 aromatic carbocycles. The van der Waals surface area contributed by atoms with E-state index < -0.39 is 27.0 Å². The minimum absolute atomic E-state index is 0.00148. The summed E-state index contributed by atoms with van der Waals surface area (Å²) in [5, 5.41) is 19.3. The molecule has 0 atom stereocenters. The number of carboxylic acid groups (broad SMARTS) is 2. The Morgan fingerprint density at radius 1 is 0.821 bits per heavy atom. The molecule has 1 aromatic rings. The molecular formula is C20H30O7S. The molecule has 8 heteroatoms. The van der Waals surface area contributed by atoms with Gasteiger partial charge in [0, 0.05) is 0 Å². The monoisotopic (exact) mass is 414 g/mol. The molecule has 0 aliphatic carbocycles. The molecule has 1 rings (SSSR count). The van der Waals surface area contributed by atoms with Gasteiger partial charge in [-0.2, -0.15) is 8.42 Å². The summed E-state index contributed by atoms with van der Waals surface area (Å²) in [4.78, 5) is 23.1. The van der Waals surface area contributed by atoms with E-state index in [2.05, 4.69) is 0 Å². The van der Waals surface area contributed by atoms with E-state index in [1.54, 1.807) is 0 Å². The zero-order chi connectivity index (χ0) is 21.3. The first-order valence-corrected chi connectivity index (χ1v) is 11.2. The first-order chi connectivity index (χ1) is 13.1. The predicted molar refractivity (Wildman–Crippen MR) is 106 cm³/mol. The molecule has 28 heavy (non-hydrogen) atoms. The number of carbonyl (C=O) groups is 2. The van der Waals surface area contributed by atoms with E-state index in [4.69, 9.17) is 0 Å². The van der Waals surface area contributed by atoms with Gasteiger partial charge in [0.25, 0.3) is 10.1 Å². The summed E-state index contributed by atoms with van der Waals surface area (Å²) in [5.41, 5.74) is -0.532. The summed E-state index contributed by atoms with van der Waals surface area (Å²) in [6, 6.07) is 0.911. The van der Waals surface area contributed by atoms with E-state index in [-0.39, 0.29) is 35.1 Å². The summed E-state index contributed by atoms with van der Waals surface area (Å²) in [6.07, 6.45) is 6.94. The lowest BCUT2D eigenvalue weighted by molar-refractivity contribution is 0.0693. The Hall–Kier alpha value is -1.93. The quantitative estimate of drug-likeness (QED) is 0.318. The Balaban J connectivity index is 3.58. The van der Waals surface area contributed by atoms with Crippen molar-refractivity contribution in [2.45, 2.75) is 83.0 Å². The third kappa shape index (κ3) is 6.60. The van der Waals surface area contributed by atoms with Crippen molar-refractivity contribution < 1.29 is 32.8 Å². The Kier molecular flexibility index (Phi) is 9.61. The van der Waals surface area contributed by atoms with Crippen molar-refractivity contribution in [1.82, 2.24) is 0 Å². The molecule has 0 aliphatic rings. The van der Waals surface area contributed by atoms with E-state index in [0.29, 0.717) is 12.8 Å². The van der Waals surface area contributed by atoms with Gasteiger partial charge in [-0.3, -0.25) is 4.55 Å². The summed E-state index contributed by atoms with van der Waals surface area (Å²) in [5.74, 6) is -2.78. The Morgan fingerprint density at radius 3 is 1.71 bits per heavy atom. The number of rotatable bonds is 13. The molecule has 0 unspecified atom stereocenters. The van der Waals surface area contributed by atoms with E-state index >= 15 is 0 Å². The second-order valence-corrected chi connectivity index (χ2v) is 8.35. The minimum Gasteiger partial charge on any atom is -0.478 e. The molecule has 0 fully saturated rings. The van der Waals surface area contributed by atoms with Crippen LogP contribution >= 0.6 is 0 Å². The first-order valence-electron chi connectivity index (χ1n) is 9.77. The SMILES string of the molecule is CCCCCCc1c(C(=O)O)cc(S(=O)(=O)O)c(CCCCCC)c1C(=O)O. The smallest absolute Gasteiger partial charge is 0.336 e. The predicted octanol–water partition coefficient (Wildman–Crippen LogP) is 4.58. The van der Waals surface area contributed by atoms with Crippen LogP contribution in [-0.4, -0.2) is 35.1 Å². The Morgan fingerprint density at radius 2 is 1.32 bits per heavy atom. The molecule has 3 N–H and O–H groups in total. The van der Waals surface area contributed by atoms with Gasteiger partial charge >= 0.3 is 11.9 Å². The lowest BCUT2D eigenvalue weighted by Crippen LogP contribution is -2.18. The summed E-state index contributed by atoms with van der Waals surface area (Å²) in [6.45, 7) is 4.04. The molecule has 0 bridgehead atoms. The van der Waals surface area contributed by atoms with Crippen LogP contribution in [0.4, 0.5) is 0 Å². The van der Waals surface area contributed by atoms with Crippen LogP contribution in [0, 0.1) is 0 Å². The largest absolute Gasteiger partial charge is 0.478 e. The Labute approximate surface area is 166 Å². The zero-order valence-corrected chi connectivity index (χ0v) is 17.3. The van der Waals surface area contributed by atoms with Gasteiger partial charge in [-0.1, -0.05) is 52.4 Å². The Bertz CT molecular complexity index is 797. The maximum atomic E-state index is 12.0. The van der Waals surface area contributed by atoms with Crippen LogP contribution < -0.4 is 0 Å². The van der Waals surface area contributed by atoms with Crippen LogP contribution in [0.15, 0.2) is 11.0 Å². The van der Waals surface area contributed by atoms with Gasteiger partial charge in [0.15, 0.2) is 0 Å². The second kappa shape index (κ2) is 11.2. The molecular weight excluding hydrogens is 384 g/mol. The normalized spacial score (nSPS) is 11.5. The lowest BCUT2D eigenvalue weighted by atomic mass is 9.89. The molecule has 0 spiro atoms. The summed E-state index contributed by atoms with van der Waals surface area (Å²) < 4.78 is 33.4. The molecule has 0 saturated heterocycles. The standard InChI is InChI=1S/C20H30O7S/c1-3-5-7-9-11-14-16(19(21)22)13-17(28(25,26)27)15(18(14)20(23)24)12-10-8-6-4-2/h13H,3-12H2,1-2H3,(H,21,22)(H,23,24)(H,25,26,27). The highest BCUT2D eigenvalue weighted by Gasteiger charge is 2.29. The number of unbranched alkanes of at least 4 members (excludes halogenated alkanes) is 6. The summed E-state index contributed by atoms with van der Waals surface area (Å²) in [7, 11) is -4.76. The highest BCUT2D eigenvalue weighted by Crippen LogP contribution is 2.30. The maximum absolute atomic E-state index is 12.0. The van der Waals surface area contributed by atoms with Crippen molar-refractivity contribution in [3.8, 4) is 0 Å². The average molecular weight is 415 g/mol. The second-order valence-electron chi connectivity index (χ2n) is 6.96. The topological polar surface area (TPSA) is 129 Å². The highest BCUT2D eigenvalue weighted by atomic mass is 32.2. The molecule has 0 aliphatic heterocycles. The van der Waals surface area contributed by atoms with Crippen molar-refractivity contribution in [3.63, 3.8) is 0 Å². The fourth-order valence-corrected chi connectivity index (χ4v) is 4.17. The third-order valence-corrected chi connectivity index (χ3v) is 5.70. The van der Waals surface area contributed by atoms with Crippen molar-refractivity contribution in [2.24, 2.45) is 0 Å². The van der Waals surface area contributed by atoms with Gasteiger partial charge in [-0.05, 0) is 42.9 Å². The van der Waals surface area contributed by atoms with Crippen LogP contribution in [0.2, 0.25) is 0 Å². The maximum Gasteiger partial charge on any atom is 0.336 e. The fraction of sp³-hybridized carbons (Fsp3) is 0.600. The van der Waals surface area contributed by atoms with Gasteiger partial charge in [0.1, 0.15) is 0 Å². The number of hydrogen-bond donors (Lipinski definition) is 3. The average Bonchev–Trinajstić information content (AvgIpc) is 2.60. The molecule has 0 amide bonds. The molecule has 7 nitrogen and oxygen atoms in total. The molecule has 0 aromatic heterocycles. The van der Waals surface area contributed by atoms with Crippen LogP contribution in [-0.2, 0) is 23.0 Å². The minimum atomic E-state index is -4.76. The van der Waals surface area contributed by atoms with Gasteiger partial charge in [0.2, 0.25) is 0 Å². The number of aromatic carboxylic acids is 2. The van der Waals surface area contributed by atoms with Gasteiger partial charge < -0.3 is 10.2 Å². The lowest BCUT2D eigenvalue weighted by Gasteiger charge is -2.18. The van der Waals surface area contributed by atoms with E-state index in [0.717, 1.165) is 44.6 Å². The number of hydrogen-bond acceptors (Lipinski definition) is 4. The van der Waals surface area contributed by atoms with Crippen LogP contribution in [0.3, 0.4) is 0 Å². The molecule has 0 radical (unpaired) electrons. The van der Waals surface area contributed by atoms with Crippen LogP contribution in [0.25, 0.3) is 0 Å². The molecule has 0 saturated carbocycles. The van der Waals surface area contributed by atoms with Crippen molar-refractivity contribution in [3.05, 3.63) is 28.3 Å². The highest BCUT2D eigenvalue weighted by molar-refractivity contribution is 7.85. The fourth-order valence-electron chi connectivity index (χ4n) is 3.39. The van der Waals surface area contributed by atoms with Crippen molar-refractivity contribution >= 4 is 22.1 Å². The third-order valence-electron chi connectivity index (χ3n) is 4.78. The summed E-state index contributed by atoms with van der Waals surface area (Å²) >= 11 is 0. The number of carboxylic acids is 2. The van der Waals surface area contributed by atoms with Crippen LogP contribution in [0.5, 0.6) is 0 Å². The van der Waals surface area contributed by atoms with E-state index in [1.807, 2.05) is 13.8 Å². The van der Waals surface area contributed by atoms with Gasteiger partial charge in [-0.25, -0.2) is 9.59 Å². The zero-order valence-electron chi connectivity index (χ0n) is 16.5. The van der Waals surface area contributed by atoms with E-state index in [9.17, 15) is 32.8 Å². The van der Waals surface area contributed by atoms with E-state index in [1.165, 1.54) is 0 Å². The van der Waals surface area contributed by atoms with Crippen LogP contribution in [0.1, 0.15) is 97.1 Å². The van der Waals surface area contributed by atoms with Gasteiger partial charge in [-0.15, -0.1) is 0 Å².